The molecule has 0 bridgehead atoms. The number of nitrogens with one attached hydrogen (secondary N) is 1. The van der Waals surface area contributed by atoms with Crippen LogP contribution in [0, 0.1) is 13.8 Å². The summed E-state index contributed by atoms with van der Waals surface area (Å²) < 4.78 is 0. The Morgan fingerprint density at radius 2 is 1.60 bits per heavy atom. The van der Waals surface area contributed by atoms with Crippen LogP contribution in [0.15, 0.2) is 42.5 Å². The van der Waals surface area contributed by atoms with Crippen LogP contribution >= 0.6 is 11.6 Å². The van der Waals surface area contributed by atoms with E-state index in [1.807, 2.05) is 25.2 Å². The van der Waals surface area contributed by atoms with Gasteiger partial charge in [0, 0.05) is 11.1 Å². The van der Waals surface area contributed by atoms with Gasteiger partial charge in [-0.1, -0.05) is 53.1 Å². The molecule has 0 fully saturated rings. The van der Waals surface area contributed by atoms with Gasteiger partial charge < -0.3 is 5.32 Å². The van der Waals surface area contributed by atoms with Crippen molar-refractivity contribution in [3.63, 3.8) is 0 Å². The Hall–Kier alpha value is -1.31. The first kappa shape index (κ1) is 15.1. The number of halogens is 1. The van der Waals surface area contributed by atoms with Gasteiger partial charge in [0.15, 0.2) is 0 Å². The van der Waals surface area contributed by atoms with Gasteiger partial charge in [0.05, 0.1) is 0 Å². The number of benzene rings is 2. The molecule has 0 aliphatic rings. The van der Waals surface area contributed by atoms with E-state index in [2.05, 4.69) is 43.4 Å². The predicted octanol–water partition coefficient (Wildman–Crippen LogP) is 4.33. The topological polar surface area (TPSA) is 12.0 Å². The Morgan fingerprint density at radius 3 is 2.20 bits per heavy atom. The van der Waals surface area contributed by atoms with Crippen LogP contribution in [0.1, 0.15) is 22.3 Å². The van der Waals surface area contributed by atoms with E-state index in [0.29, 0.717) is 6.04 Å². The van der Waals surface area contributed by atoms with Crippen molar-refractivity contribution in [2.24, 2.45) is 0 Å². The highest BCUT2D eigenvalue weighted by molar-refractivity contribution is 6.30. The van der Waals surface area contributed by atoms with Crippen LogP contribution in [0.25, 0.3) is 0 Å². The molecular weight excluding hydrogens is 266 g/mol. The van der Waals surface area contributed by atoms with Crippen LogP contribution in [0.5, 0.6) is 0 Å². The van der Waals surface area contributed by atoms with E-state index in [4.69, 9.17) is 11.6 Å². The van der Waals surface area contributed by atoms with Crippen LogP contribution < -0.4 is 5.32 Å². The molecule has 0 heterocycles. The molecule has 1 N–H and O–H groups in total. The molecule has 1 nitrogen and oxygen atoms in total. The first-order valence-electron chi connectivity index (χ1n) is 7.05. The average Bonchev–Trinajstić information content (AvgIpc) is 2.36. The summed E-state index contributed by atoms with van der Waals surface area (Å²) in [4.78, 5) is 0. The van der Waals surface area contributed by atoms with E-state index in [9.17, 15) is 0 Å². The first-order chi connectivity index (χ1) is 9.56. The van der Waals surface area contributed by atoms with E-state index < -0.39 is 0 Å². The molecule has 106 valence electrons. The lowest BCUT2D eigenvalue weighted by molar-refractivity contribution is 0.556. The predicted molar refractivity (Wildman–Crippen MR) is 87.6 cm³/mol. The zero-order valence-electron chi connectivity index (χ0n) is 12.4. The summed E-state index contributed by atoms with van der Waals surface area (Å²) >= 11 is 6.05. The first-order valence-corrected chi connectivity index (χ1v) is 7.43. The van der Waals surface area contributed by atoms with Crippen LogP contribution in [-0.2, 0) is 12.8 Å². The summed E-state index contributed by atoms with van der Waals surface area (Å²) in [5.74, 6) is 0. The number of aryl methyl sites for hydroxylation is 2. The van der Waals surface area contributed by atoms with E-state index in [1.165, 1.54) is 22.3 Å². The third kappa shape index (κ3) is 4.36. The maximum Gasteiger partial charge on any atom is 0.0408 e. The van der Waals surface area contributed by atoms with Gasteiger partial charge in [-0.3, -0.25) is 0 Å². The highest BCUT2D eigenvalue weighted by atomic mass is 35.5. The Labute approximate surface area is 127 Å². The average molecular weight is 288 g/mol. The van der Waals surface area contributed by atoms with Crippen molar-refractivity contribution >= 4 is 11.6 Å². The van der Waals surface area contributed by atoms with E-state index >= 15 is 0 Å². The smallest absolute Gasteiger partial charge is 0.0408 e. The highest BCUT2D eigenvalue weighted by Gasteiger charge is 2.09. The van der Waals surface area contributed by atoms with E-state index in [1.54, 1.807) is 0 Å². The van der Waals surface area contributed by atoms with Crippen LogP contribution in [0.2, 0.25) is 5.02 Å². The van der Waals surface area contributed by atoms with Crippen molar-refractivity contribution in [1.82, 2.24) is 5.32 Å². The van der Waals surface area contributed by atoms with Crippen molar-refractivity contribution in [3.8, 4) is 0 Å². The molecule has 2 aromatic rings. The van der Waals surface area contributed by atoms with Gasteiger partial charge in [0.25, 0.3) is 0 Å². The zero-order valence-corrected chi connectivity index (χ0v) is 13.2. The standard InChI is InChI=1S/C18H22ClN/c1-13-7-14(2)9-16(8-13)12-18(20-3)11-15-5-4-6-17(19)10-15/h4-10,18,20H,11-12H2,1-3H3. The van der Waals surface area contributed by atoms with Gasteiger partial charge in [-0.15, -0.1) is 0 Å². The van der Waals surface area contributed by atoms with Gasteiger partial charge in [0.2, 0.25) is 0 Å². The lowest BCUT2D eigenvalue weighted by atomic mass is 9.97. The lowest BCUT2D eigenvalue weighted by Gasteiger charge is -2.17. The van der Waals surface area contributed by atoms with Crippen LogP contribution in [-0.4, -0.2) is 13.1 Å². The summed E-state index contributed by atoms with van der Waals surface area (Å²) in [6, 6.07) is 15.3. The van der Waals surface area contributed by atoms with Crippen molar-refractivity contribution in [2.75, 3.05) is 7.05 Å². The third-order valence-electron chi connectivity index (χ3n) is 3.54. The molecule has 0 radical (unpaired) electrons. The summed E-state index contributed by atoms with van der Waals surface area (Å²) in [5, 5.41) is 4.22. The SMILES string of the molecule is CNC(Cc1cc(C)cc(C)c1)Cc1cccc(Cl)c1. The second-order valence-electron chi connectivity index (χ2n) is 5.52. The van der Waals surface area contributed by atoms with Gasteiger partial charge in [0.1, 0.15) is 0 Å². The summed E-state index contributed by atoms with van der Waals surface area (Å²) in [6.45, 7) is 4.31. The number of hydrogen-bond donors (Lipinski definition) is 1. The molecule has 2 heteroatoms. The van der Waals surface area contributed by atoms with E-state index in [0.717, 1.165) is 17.9 Å². The second kappa shape index (κ2) is 6.92. The molecule has 20 heavy (non-hydrogen) atoms. The molecule has 0 spiro atoms. The third-order valence-corrected chi connectivity index (χ3v) is 3.78. The van der Waals surface area contributed by atoms with Crippen molar-refractivity contribution in [1.29, 1.82) is 0 Å². The fourth-order valence-electron chi connectivity index (χ4n) is 2.70. The molecule has 0 amide bonds. The fraction of sp³-hybridized carbons (Fsp3) is 0.333. The van der Waals surface area contributed by atoms with Crippen molar-refractivity contribution in [2.45, 2.75) is 32.7 Å². The largest absolute Gasteiger partial charge is 0.316 e. The van der Waals surface area contributed by atoms with Gasteiger partial charge >= 0.3 is 0 Å². The number of hydrogen-bond acceptors (Lipinski definition) is 1. The molecule has 2 aromatic carbocycles. The Morgan fingerprint density at radius 1 is 0.950 bits per heavy atom. The van der Waals surface area contributed by atoms with E-state index in [-0.39, 0.29) is 0 Å². The highest BCUT2D eigenvalue weighted by Crippen LogP contribution is 2.15. The van der Waals surface area contributed by atoms with Crippen molar-refractivity contribution < 1.29 is 0 Å². The number of likely N-dealkylation sites (N-methyl/N-ethyl adjacent to an activating group) is 1. The Bertz CT molecular complexity index is 557. The quantitative estimate of drug-likeness (QED) is 0.863. The summed E-state index contributed by atoms with van der Waals surface area (Å²) in [6.07, 6.45) is 2.02. The molecule has 0 saturated heterocycles. The molecular formula is C18H22ClN. The monoisotopic (exact) mass is 287 g/mol. The normalized spacial score (nSPS) is 12.4. The fourth-order valence-corrected chi connectivity index (χ4v) is 2.91. The number of rotatable bonds is 5. The molecule has 1 atom stereocenters. The van der Waals surface area contributed by atoms with Gasteiger partial charge in [-0.25, -0.2) is 0 Å². The lowest BCUT2D eigenvalue weighted by Crippen LogP contribution is -2.29. The molecule has 0 aliphatic heterocycles. The zero-order chi connectivity index (χ0) is 14.5. The maximum absolute atomic E-state index is 6.05. The Kier molecular flexibility index (Phi) is 5.22. The Balaban J connectivity index is 2.09. The van der Waals surface area contributed by atoms with Crippen LogP contribution in [0.4, 0.5) is 0 Å². The van der Waals surface area contributed by atoms with Crippen molar-refractivity contribution in [3.05, 3.63) is 69.7 Å². The molecule has 1 unspecified atom stereocenters. The molecule has 0 aliphatic carbocycles. The minimum absolute atomic E-state index is 0.426. The minimum Gasteiger partial charge on any atom is -0.316 e. The van der Waals surface area contributed by atoms with Crippen LogP contribution in [0.3, 0.4) is 0 Å². The van der Waals surface area contributed by atoms with Gasteiger partial charge in [-0.05, 0) is 57.0 Å². The summed E-state index contributed by atoms with van der Waals surface area (Å²) in [7, 11) is 2.03. The molecule has 0 saturated carbocycles. The minimum atomic E-state index is 0.426. The second-order valence-corrected chi connectivity index (χ2v) is 5.96. The summed E-state index contributed by atoms with van der Waals surface area (Å²) in [5.41, 5.74) is 5.33. The molecule has 2 rings (SSSR count). The van der Waals surface area contributed by atoms with Gasteiger partial charge in [-0.2, -0.15) is 0 Å². The molecule has 0 aromatic heterocycles. The maximum atomic E-state index is 6.05.